The maximum Gasteiger partial charge on any atom is 0.414 e. The molecule has 2 N–H and O–H groups in total. The fourth-order valence-electron chi connectivity index (χ4n) is 2.96. The van der Waals surface area contributed by atoms with Gasteiger partial charge >= 0.3 is 6.09 Å². The predicted molar refractivity (Wildman–Crippen MR) is 96.7 cm³/mol. The quantitative estimate of drug-likeness (QED) is 0.554. The summed E-state index contributed by atoms with van der Waals surface area (Å²) in [6, 6.07) is 2.08. The number of cyclic esters (lactones) is 1. The van der Waals surface area contributed by atoms with Crippen LogP contribution in [0, 0.1) is 11.6 Å². The third-order valence-electron chi connectivity index (χ3n) is 4.25. The average molecular weight is 422 g/mol. The Morgan fingerprint density at radius 1 is 1.32 bits per heavy atom. The van der Waals surface area contributed by atoms with Gasteiger partial charge in [0.15, 0.2) is 11.6 Å². The number of amides is 1. The molecule has 1 amide bonds. The first-order valence-electron chi connectivity index (χ1n) is 8.49. The van der Waals surface area contributed by atoms with Crippen LogP contribution in [-0.2, 0) is 9.57 Å². The second-order valence-corrected chi connectivity index (χ2v) is 6.59. The first-order chi connectivity index (χ1) is 13.4. The maximum absolute atomic E-state index is 14.6. The third-order valence-corrected chi connectivity index (χ3v) is 4.58. The zero-order chi connectivity index (χ0) is 20.3. The standard InChI is InChI=1S/C16H18F4N4O3S/c17-11-5-9(6-12(18)13(11)23-2-1-22-26-4-3-23)24-8-10(27-16(24)25)7-21-15(28)14(19)20/h5-6,10,14,22H,1-4,7-8H2,(H,21,28). The number of ether oxygens (including phenoxy) is 1. The number of carbonyl (C=O) groups excluding carboxylic acids is 1. The van der Waals surface area contributed by atoms with E-state index in [-0.39, 0.29) is 31.1 Å². The van der Waals surface area contributed by atoms with Crippen LogP contribution in [0.15, 0.2) is 12.1 Å². The first-order valence-corrected chi connectivity index (χ1v) is 8.90. The van der Waals surface area contributed by atoms with Crippen LogP contribution >= 0.6 is 12.2 Å². The number of alkyl halides is 2. The number of nitrogens with one attached hydrogen (secondary N) is 2. The molecule has 28 heavy (non-hydrogen) atoms. The molecule has 12 heteroatoms. The van der Waals surface area contributed by atoms with Crippen LogP contribution < -0.4 is 20.6 Å². The highest BCUT2D eigenvalue weighted by Crippen LogP contribution is 2.31. The molecule has 0 spiro atoms. The number of hydrogen-bond acceptors (Lipinski definition) is 6. The molecule has 1 aromatic carbocycles. The molecular weight excluding hydrogens is 404 g/mol. The Hall–Kier alpha value is -2.18. The number of nitrogens with zero attached hydrogens (tertiary/aromatic N) is 2. The Labute approximate surface area is 163 Å². The second kappa shape index (κ2) is 8.88. The molecular formula is C16H18F4N4O3S. The SMILES string of the molecule is O=C1OC(CNC(=S)C(F)F)CN1c1cc(F)c(N2CCNOCC2)c(F)c1. The van der Waals surface area contributed by atoms with Crippen LogP contribution in [0.3, 0.4) is 0 Å². The summed E-state index contributed by atoms with van der Waals surface area (Å²) in [5, 5.41) is 2.30. The number of halogens is 4. The Bertz CT molecular complexity index is 724. The Balaban J connectivity index is 1.71. The van der Waals surface area contributed by atoms with E-state index in [1.807, 2.05) is 0 Å². The number of anilines is 2. The van der Waals surface area contributed by atoms with E-state index in [9.17, 15) is 22.4 Å². The Morgan fingerprint density at radius 3 is 2.71 bits per heavy atom. The lowest BCUT2D eigenvalue weighted by Gasteiger charge is -2.24. The minimum atomic E-state index is -2.82. The van der Waals surface area contributed by atoms with Crippen LogP contribution in [0.4, 0.5) is 33.7 Å². The molecule has 7 nitrogen and oxygen atoms in total. The van der Waals surface area contributed by atoms with Crippen molar-refractivity contribution in [2.45, 2.75) is 12.5 Å². The fraction of sp³-hybridized carbons (Fsp3) is 0.500. The topological polar surface area (TPSA) is 66.1 Å². The second-order valence-electron chi connectivity index (χ2n) is 6.15. The summed E-state index contributed by atoms with van der Waals surface area (Å²) in [5.41, 5.74) is 2.44. The Kier molecular flexibility index (Phi) is 6.52. The summed E-state index contributed by atoms with van der Waals surface area (Å²) in [7, 11) is 0. The molecule has 2 aliphatic heterocycles. The molecule has 0 bridgehead atoms. The smallest absolute Gasteiger partial charge is 0.414 e. The highest BCUT2D eigenvalue weighted by molar-refractivity contribution is 7.80. The number of hydroxylamine groups is 1. The van der Waals surface area contributed by atoms with Gasteiger partial charge in [0, 0.05) is 31.8 Å². The van der Waals surface area contributed by atoms with Crippen molar-refractivity contribution < 1.29 is 31.9 Å². The largest absolute Gasteiger partial charge is 0.442 e. The molecule has 2 heterocycles. The van der Waals surface area contributed by atoms with Crippen molar-refractivity contribution in [3.63, 3.8) is 0 Å². The van der Waals surface area contributed by atoms with Crippen molar-refractivity contribution in [2.24, 2.45) is 0 Å². The predicted octanol–water partition coefficient (Wildman–Crippen LogP) is 1.81. The van der Waals surface area contributed by atoms with E-state index in [0.29, 0.717) is 19.6 Å². The van der Waals surface area contributed by atoms with Gasteiger partial charge in [-0.25, -0.2) is 27.8 Å². The van der Waals surface area contributed by atoms with Gasteiger partial charge in [-0.3, -0.25) is 9.74 Å². The molecule has 0 aliphatic carbocycles. The van der Waals surface area contributed by atoms with Gasteiger partial charge in [0.25, 0.3) is 6.43 Å². The van der Waals surface area contributed by atoms with Gasteiger partial charge in [-0.05, 0) is 0 Å². The summed E-state index contributed by atoms with van der Waals surface area (Å²) >= 11 is 4.45. The summed E-state index contributed by atoms with van der Waals surface area (Å²) in [4.78, 5) is 19.0. The first kappa shape index (κ1) is 20.6. The van der Waals surface area contributed by atoms with Gasteiger partial charge in [-0.2, -0.15) is 0 Å². The number of rotatable bonds is 5. The molecule has 154 valence electrons. The van der Waals surface area contributed by atoms with Crippen molar-refractivity contribution in [1.82, 2.24) is 10.8 Å². The minimum absolute atomic E-state index is 0.0214. The van der Waals surface area contributed by atoms with Crippen LogP contribution in [-0.4, -0.2) is 62.9 Å². The fourth-order valence-corrected chi connectivity index (χ4v) is 3.04. The van der Waals surface area contributed by atoms with Crippen molar-refractivity contribution in [2.75, 3.05) is 49.1 Å². The summed E-state index contributed by atoms with van der Waals surface area (Å²) in [6.07, 6.45) is -4.43. The number of carbonyl (C=O) groups is 1. The van der Waals surface area contributed by atoms with E-state index in [1.54, 1.807) is 0 Å². The molecule has 1 atom stereocenters. The minimum Gasteiger partial charge on any atom is -0.442 e. The molecule has 1 aromatic rings. The van der Waals surface area contributed by atoms with Crippen LogP contribution in [0.5, 0.6) is 0 Å². The number of hydrogen-bond donors (Lipinski definition) is 2. The summed E-state index contributed by atoms with van der Waals surface area (Å²) in [6.45, 7) is 1.11. The van der Waals surface area contributed by atoms with Gasteiger partial charge in [0.05, 0.1) is 25.4 Å². The highest BCUT2D eigenvalue weighted by atomic mass is 32.1. The zero-order valence-corrected chi connectivity index (χ0v) is 15.4. The molecule has 0 radical (unpaired) electrons. The summed E-state index contributed by atoms with van der Waals surface area (Å²) in [5.74, 6) is -1.66. The average Bonchev–Trinajstić information content (AvgIpc) is 2.83. The van der Waals surface area contributed by atoms with Gasteiger partial charge in [-0.15, -0.1) is 0 Å². The van der Waals surface area contributed by atoms with Crippen molar-refractivity contribution in [1.29, 1.82) is 0 Å². The number of benzene rings is 1. The molecule has 0 saturated carbocycles. The molecule has 2 saturated heterocycles. The van der Waals surface area contributed by atoms with Crippen LogP contribution in [0.2, 0.25) is 0 Å². The van der Waals surface area contributed by atoms with Gasteiger partial charge in [0.1, 0.15) is 16.8 Å². The third kappa shape index (κ3) is 4.62. The molecule has 0 aromatic heterocycles. The van der Waals surface area contributed by atoms with E-state index >= 15 is 0 Å². The maximum atomic E-state index is 14.6. The molecule has 1 unspecified atom stereocenters. The van der Waals surface area contributed by atoms with E-state index in [4.69, 9.17) is 9.57 Å². The van der Waals surface area contributed by atoms with Crippen molar-refractivity contribution in [3.05, 3.63) is 23.8 Å². The highest BCUT2D eigenvalue weighted by Gasteiger charge is 2.34. The molecule has 2 aliphatic rings. The van der Waals surface area contributed by atoms with Crippen molar-refractivity contribution >= 4 is 34.7 Å². The van der Waals surface area contributed by atoms with Gasteiger partial charge in [-0.1, -0.05) is 12.2 Å². The lowest BCUT2D eigenvalue weighted by atomic mass is 10.2. The normalized spacial score (nSPS) is 20.3. The van der Waals surface area contributed by atoms with Crippen molar-refractivity contribution in [3.8, 4) is 0 Å². The lowest BCUT2D eigenvalue weighted by molar-refractivity contribution is 0.0589. The van der Waals surface area contributed by atoms with Gasteiger partial charge < -0.3 is 15.0 Å². The van der Waals surface area contributed by atoms with Crippen LogP contribution in [0.25, 0.3) is 0 Å². The Morgan fingerprint density at radius 2 is 2.04 bits per heavy atom. The summed E-state index contributed by atoms with van der Waals surface area (Å²) < 4.78 is 59.1. The van der Waals surface area contributed by atoms with E-state index in [0.717, 1.165) is 17.0 Å². The number of thiocarbonyl (C=S) groups is 1. The lowest BCUT2D eigenvalue weighted by Crippen LogP contribution is -2.36. The van der Waals surface area contributed by atoms with Crippen LogP contribution in [0.1, 0.15) is 0 Å². The van der Waals surface area contributed by atoms with E-state index in [1.165, 1.54) is 4.90 Å². The van der Waals surface area contributed by atoms with Gasteiger partial charge in [0.2, 0.25) is 0 Å². The monoisotopic (exact) mass is 422 g/mol. The molecule has 2 fully saturated rings. The molecule has 3 rings (SSSR count). The van der Waals surface area contributed by atoms with E-state index in [2.05, 4.69) is 23.0 Å². The van der Waals surface area contributed by atoms with E-state index < -0.39 is 35.2 Å². The zero-order valence-electron chi connectivity index (χ0n) is 14.6.